The van der Waals surface area contributed by atoms with Crippen LogP contribution >= 0.6 is 0 Å². The van der Waals surface area contributed by atoms with E-state index in [1.807, 2.05) is 53.2 Å². The van der Waals surface area contributed by atoms with E-state index in [0.29, 0.717) is 30.8 Å². The zero-order chi connectivity index (χ0) is 22.8. The van der Waals surface area contributed by atoms with Crippen molar-refractivity contribution in [2.75, 3.05) is 13.1 Å². The molecule has 1 aliphatic rings. The van der Waals surface area contributed by atoms with Crippen LogP contribution in [0, 0.1) is 5.82 Å². The number of aromatic nitrogens is 2. The Morgan fingerprint density at radius 2 is 1.76 bits per heavy atom. The summed E-state index contributed by atoms with van der Waals surface area (Å²) in [5.74, 6) is -0.354. The molecular weight excluding hydrogens is 419 g/mol. The van der Waals surface area contributed by atoms with Crippen LogP contribution in [0.4, 0.5) is 4.39 Å². The molecular formula is C26H23FN4O2. The second-order valence-electron chi connectivity index (χ2n) is 8.28. The molecule has 0 radical (unpaired) electrons. The van der Waals surface area contributed by atoms with Gasteiger partial charge in [-0.3, -0.25) is 9.59 Å². The van der Waals surface area contributed by atoms with E-state index in [2.05, 4.69) is 10.3 Å². The van der Waals surface area contributed by atoms with Crippen LogP contribution in [0.5, 0.6) is 0 Å². The summed E-state index contributed by atoms with van der Waals surface area (Å²) in [5, 5.41) is 2.95. The predicted molar refractivity (Wildman–Crippen MR) is 122 cm³/mol. The first-order valence-electron chi connectivity index (χ1n) is 10.9. The van der Waals surface area contributed by atoms with E-state index < -0.39 is 0 Å². The van der Waals surface area contributed by atoms with E-state index in [0.717, 1.165) is 23.2 Å². The Kier molecular flexibility index (Phi) is 5.60. The lowest BCUT2D eigenvalue weighted by atomic mass is 9.97. The van der Waals surface area contributed by atoms with Gasteiger partial charge < -0.3 is 14.6 Å². The maximum absolute atomic E-state index is 13.1. The van der Waals surface area contributed by atoms with Crippen molar-refractivity contribution in [2.24, 2.45) is 0 Å². The first-order valence-corrected chi connectivity index (χ1v) is 10.9. The van der Waals surface area contributed by atoms with E-state index in [1.165, 1.54) is 24.3 Å². The number of rotatable bonds is 5. The van der Waals surface area contributed by atoms with Gasteiger partial charge in [-0.2, -0.15) is 0 Å². The van der Waals surface area contributed by atoms with Crippen molar-refractivity contribution in [3.8, 4) is 0 Å². The quantitative estimate of drug-likeness (QED) is 0.507. The van der Waals surface area contributed by atoms with Gasteiger partial charge in [0.05, 0.1) is 0 Å². The fourth-order valence-corrected chi connectivity index (χ4v) is 4.25. The van der Waals surface area contributed by atoms with Gasteiger partial charge in [-0.25, -0.2) is 9.37 Å². The van der Waals surface area contributed by atoms with Gasteiger partial charge in [-0.15, -0.1) is 0 Å². The Morgan fingerprint density at radius 3 is 2.55 bits per heavy atom. The third kappa shape index (κ3) is 4.48. The third-order valence-electron chi connectivity index (χ3n) is 6.13. The maximum atomic E-state index is 13.1. The monoisotopic (exact) mass is 442 g/mol. The predicted octanol–water partition coefficient (Wildman–Crippen LogP) is 4.03. The molecule has 0 spiro atoms. The van der Waals surface area contributed by atoms with Gasteiger partial charge in [0, 0.05) is 55.3 Å². The van der Waals surface area contributed by atoms with E-state index in [-0.39, 0.29) is 23.5 Å². The lowest BCUT2D eigenvalue weighted by molar-refractivity contribution is 0.0790. The van der Waals surface area contributed by atoms with E-state index in [4.69, 9.17) is 0 Å². The number of nitrogens with one attached hydrogen (secondary N) is 1. The number of benzene rings is 2. The third-order valence-corrected chi connectivity index (χ3v) is 6.13. The highest BCUT2D eigenvalue weighted by molar-refractivity contribution is 5.95. The highest BCUT2D eigenvalue weighted by Gasteiger charge is 2.28. The van der Waals surface area contributed by atoms with E-state index >= 15 is 0 Å². The van der Waals surface area contributed by atoms with Gasteiger partial charge in [0.2, 0.25) is 0 Å². The molecule has 3 heterocycles. The molecule has 6 nitrogen and oxygen atoms in total. The van der Waals surface area contributed by atoms with Crippen molar-refractivity contribution in [2.45, 2.75) is 18.9 Å². The molecule has 1 N–H and O–H groups in total. The molecule has 4 aromatic rings. The molecule has 1 saturated heterocycles. The van der Waals surface area contributed by atoms with E-state index in [1.54, 1.807) is 11.1 Å². The molecule has 166 valence electrons. The van der Waals surface area contributed by atoms with Gasteiger partial charge in [-0.1, -0.05) is 12.1 Å². The average Bonchev–Trinajstić information content (AvgIpc) is 3.52. The number of hydrogen-bond donors (Lipinski definition) is 1. The molecule has 0 aliphatic carbocycles. The smallest absolute Gasteiger partial charge is 0.253 e. The Balaban J connectivity index is 1.18. The summed E-state index contributed by atoms with van der Waals surface area (Å²) < 4.78 is 15.0. The van der Waals surface area contributed by atoms with Crippen molar-refractivity contribution in [1.29, 1.82) is 0 Å². The molecule has 1 fully saturated rings. The number of likely N-dealkylation sites (tertiary alicyclic amines) is 1. The first kappa shape index (κ1) is 20.9. The average molecular weight is 442 g/mol. The zero-order valence-corrected chi connectivity index (χ0v) is 17.9. The normalized spacial score (nSPS) is 15.7. The van der Waals surface area contributed by atoms with Gasteiger partial charge >= 0.3 is 0 Å². The summed E-state index contributed by atoms with van der Waals surface area (Å²) in [5.41, 5.74) is 4.02. The Hall–Kier alpha value is -4.00. The number of carbonyl (C=O) groups excluding carboxylic acids is 2. The SMILES string of the molecule is O=C(NCc1ccn2ccnc2c1)c1ccc(C2CCN(C(=O)c3ccc(F)cc3)C2)cc1. The minimum atomic E-state index is -0.353. The van der Waals surface area contributed by atoms with Gasteiger partial charge in [0.1, 0.15) is 11.5 Å². The molecule has 33 heavy (non-hydrogen) atoms. The fourth-order valence-electron chi connectivity index (χ4n) is 4.25. The van der Waals surface area contributed by atoms with E-state index in [9.17, 15) is 14.0 Å². The van der Waals surface area contributed by atoms with Crippen molar-refractivity contribution in [3.63, 3.8) is 0 Å². The summed E-state index contributed by atoms with van der Waals surface area (Å²) >= 11 is 0. The number of imidazole rings is 1. The number of hydrogen-bond acceptors (Lipinski definition) is 3. The number of fused-ring (bicyclic) bond motifs is 1. The Bertz CT molecular complexity index is 1300. The highest BCUT2D eigenvalue weighted by atomic mass is 19.1. The number of halogens is 1. The number of amides is 2. The molecule has 2 aromatic heterocycles. The molecule has 2 aromatic carbocycles. The fraction of sp³-hybridized carbons (Fsp3) is 0.192. The Morgan fingerprint density at radius 1 is 1.00 bits per heavy atom. The highest BCUT2D eigenvalue weighted by Crippen LogP contribution is 2.28. The number of pyridine rings is 1. The molecule has 1 atom stereocenters. The van der Waals surface area contributed by atoms with Gasteiger partial charge in [0.25, 0.3) is 11.8 Å². The van der Waals surface area contributed by atoms with Gasteiger partial charge in [0.15, 0.2) is 0 Å². The van der Waals surface area contributed by atoms with Crippen LogP contribution in [-0.2, 0) is 6.54 Å². The first-order chi connectivity index (χ1) is 16.1. The summed E-state index contributed by atoms with van der Waals surface area (Å²) in [4.78, 5) is 31.3. The Labute approximate surface area is 190 Å². The summed E-state index contributed by atoms with van der Waals surface area (Å²) in [6.45, 7) is 1.69. The molecule has 0 bridgehead atoms. The summed E-state index contributed by atoms with van der Waals surface area (Å²) in [6.07, 6.45) is 6.39. The zero-order valence-electron chi connectivity index (χ0n) is 17.9. The summed E-state index contributed by atoms with van der Waals surface area (Å²) in [6, 6.07) is 17.1. The van der Waals surface area contributed by atoms with Crippen LogP contribution in [0.15, 0.2) is 79.3 Å². The van der Waals surface area contributed by atoms with Crippen molar-refractivity contribution in [3.05, 3.63) is 107 Å². The van der Waals surface area contributed by atoms with Crippen LogP contribution in [0.3, 0.4) is 0 Å². The molecule has 1 aliphatic heterocycles. The number of carbonyl (C=O) groups is 2. The van der Waals surface area contributed by atoms with Crippen LogP contribution in [0.1, 0.15) is 44.2 Å². The summed E-state index contributed by atoms with van der Waals surface area (Å²) in [7, 11) is 0. The molecule has 0 saturated carbocycles. The largest absolute Gasteiger partial charge is 0.348 e. The van der Waals surface area contributed by atoms with Crippen LogP contribution < -0.4 is 5.32 Å². The lowest BCUT2D eigenvalue weighted by Gasteiger charge is -2.17. The molecule has 1 unspecified atom stereocenters. The molecule has 7 heteroatoms. The van der Waals surface area contributed by atoms with Crippen molar-refractivity contribution >= 4 is 17.5 Å². The second kappa shape index (κ2) is 8.86. The van der Waals surface area contributed by atoms with Crippen LogP contribution in [0.25, 0.3) is 5.65 Å². The van der Waals surface area contributed by atoms with Crippen LogP contribution in [-0.4, -0.2) is 39.2 Å². The second-order valence-corrected chi connectivity index (χ2v) is 8.28. The lowest BCUT2D eigenvalue weighted by Crippen LogP contribution is -2.28. The minimum absolute atomic E-state index is 0.0814. The number of nitrogens with zero attached hydrogens (tertiary/aromatic N) is 3. The standard InChI is InChI=1S/C26H23FN4O2/c27-23-7-5-21(6-8-23)26(33)31-13-10-22(17-31)19-1-3-20(4-2-19)25(32)29-16-18-9-12-30-14-11-28-24(30)15-18/h1-9,11-12,14-15,22H,10,13,16-17H2,(H,29,32). The maximum Gasteiger partial charge on any atom is 0.253 e. The van der Waals surface area contributed by atoms with Gasteiger partial charge in [-0.05, 0) is 66.1 Å². The van der Waals surface area contributed by atoms with Crippen molar-refractivity contribution in [1.82, 2.24) is 19.6 Å². The minimum Gasteiger partial charge on any atom is -0.348 e. The van der Waals surface area contributed by atoms with Crippen molar-refractivity contribution < 1.29 is 14.0 Å². The van der Waals surface area contributed by atoms with Crippen LogP contribution in [0.2, 0.25) is 0 Å². The molecule has 5 rings (SSSR count). The molecule has 2 amide bonds. The topological polar surface area (TPSA) is 66.7 Å².